The summed E-state index contributed by atoms with van der Waals surface area (Å²) in [6, 6.07) is 18.6. The van der Waals surface area contributed by atoms with Crippen molar-refractivity contribution in [3.63, 3.8) is 0 Å². The van der Waals surface area contributed by atoms with E-state index in [0.29, 0.717) is 0 Å². The first kappa shape index (κ1) is 15.0. The lowest BCUT2D eigenvalue weighted by atomic mass is 10.0. The van der Waals surface area contributed by atoms with Crippen LogP contribution in [0.1, 0.15) is 0 Å². The molecule has 2 aromatic carbocycles. The van der Waals surface area contributed by atoms with Gasteiger partial charge in [-0.3, -0.25) is 9.97 Å². The van der Waals surface area contributed by atoms with Gasteiger partial charge < -0.3 is 5.32 Å². The van der Waals surface area contributed by atoms with Gasteiger partial charge in [-0.1, -0.05) is 6.07 Å². The Morgan fingerprint density at radius 2 is 1.65 bits per heavy atom. The Bertz CT molecular complexity index is 1210. The number of fused-ring (bicyclic) bond motifs is 2. The molecule has 0 unspecified atom stereocenters. The summed E-state index contributed by atoms with van der Waals surface area (Å²) < 4.78 is 1.19. The quantitative estimate of drug-likeness (QED) is 0.455. The number of hydrogen-bond acceptors (Lipinski definition) is 5. The van der Waals surface area contributed by atoms with Crippen LogP contribution in [-0.4, -0.2) is 15.0 Å². The smallest absolute Gasteiger partial charge is 0.0832 e. The van der Waals surface area contributed by atoms with Crippen LogP contribution in [0.2, 0.25) is 0 Å². The normalized spacial score (nSPS) is 11.1. The maximum absolute atomic E-state index is 4.50. The molecule has 0 bridgehead atoms. The number of nitrogens with zero attached hydrogens (tertiary/aromatic N) is 3. The van der Waals surface area contributed by atoms with E-state index in [1.165, 1.54) is 4.70 Å². The highest BCUT2D eigenvalue weighted by Crippen LogP contribution is 2.30. The van der Waals surface area contributed by atoms with Crippen LogP contribution in [0.4, 0.5) is 11.4 Å². The summed E-state index contributed by atoms with van der Waals surface area (Å²) in [4.78, 5) is 13.0. The second kappa shape index (κ2) is 6.20. The molecule has 0 atom stereocenters. The number of thiazole rings is 1. The number of anilines is 2. The van der Waals surface area contributed by atoms with E-state index in [1.54, 1.807) is 11.3 Å². The second-order valence-electron chi connectivity index (χ2n) is 5.99. The Hall–Kier alpha value is -3.31. The second-order valence-corrected chi connectivity index (χ2v) is 6.87. The Kier molecular flexibility index (Phi) is 3.57. The monoisotopic (exact) mass is 354 g/mol. The minimum Gasteiger partial charge on any atom is -0.355 e. The van der Waals surface area contributed by atoms with Crippen LogP contribution in [0.5, 0.6) is 0 Å². The zero-order valence-corrected chi connectivity index (χ0v) is 14.6. The van der Waals surface area contributed by atoms with Gasteiger partial charge in [-0.25, -0.2) is 4.98 Å². The topological polar surface area (TPSA) is 50.7 Å². The molecular weight excluding hydrogens is 340 g/mol. The summed E-state index contributed by atoms with van der Waals surface area (Å²) in [5, 5.41) is 4.60. The van der Waals surface area contributed by atoms with E-state index in [9.17, 15) is 0 Å². The first-order valence-electron chi connectivity index (χ1n) is 8.26. The van der Waals surface area contributed by atoms with E-state index < -0.39 is 0 Å². The van der Waals surface area contributed by atoms with Crippen LogP contribution in [0.25, 0.3) is 32.2 Å². The van der Waals surface area contributed by atoms with Gasteiger partial charge in [0.05, 0.1) is 21.2 Å². The highest BCUT2D eigenvalue weighted by atomic mass is 32.1. The molecule has 0 fully saturated rings. The predicted molar refractivity (Wildman–Crippen MR) is 108 cm³/mol. The standard InChI is InChI=1S/C21H14N4S/c1-3-18-17(11-15(1)14-5-8-22-9-6-14)19(7-10-23-18)25-16-2-4-21-20(12-16)24-13-26-21/h1-13H,(H,23,25). The van der Waals surface area contributed by atoms with Gasteiger partial charge in [-0.15, -0.1) is 11.3 Å². The molecule has 5 heteroatoms. The Balaban J connectivity index is 1.60. The molecule has 1 N–H and O–H groups in total. The molecule has 0 radical (unpaired) electrons. The minimum atomic E-state index is 0.961. The lowest BCUT2D eigenvalue weighted by Gasteiger charge is -2.11. The van der Waals surface area contributed by atoms with Gasteiger partial charge in [-0.05, 0) is 59.7 Å². The third-order valence-electron chi connectivity index (χ3n) is 4.36. The summed E-state index contributed by atoms with van der Waals surface area (Å²) in [6.07, 6.45) is 5.45. The molecule has 5 aromatic rings. The third kappa shape index (κ3) is 2.68. The molecule has 3 aromatic heterocycles. The fraction of sp³-hybridized carbons (Fsp3) is 0. The molecule has 0 aliphatic carbocycles. The highest BCUT2D eigenvalue weighted by molar-refractivity contribution is 7.16. The van der Waals surface area contributed by atoms with Crippen LogP contribution >= 0.6 is 11.3 Å². The van der Waals surface area contributed by atoms with Crippen molar-refractivity contribution < 1.29 is 0 Å². The molecule has 0 aliphatic rings. The fourth-order valence-corrected chi connectivity index (χ4v) is 3.73. The first-order chi connectivity index (χ1) is 12.9. The molecular formula is C21H14N4S. The Morgan fingerprint density at radius 3 is 2.58 bits per heavy atom. The zero-order valence-electron chi connectivity index (χ0n) is 13.8. The van der Waals surface area contributed by atoms with E-state index in [-0.39, 0.29) is 0 Å². The van der Waals surface area contributed by atoms with E-state index >= 15 is 0 Å². The molecule has 0 spiro atoms. The minimum absolute atomic E-state index is 0.961. The highest BCUT2D eigenvalue weighted by Gasteiger charge is 2.06. The molecule has 0 amide bonds. The van der Waals surface area contributed by atoms with Crippen molar-refractivity contribution in [3.05, 3.63) is 78.7 Å². The number of hydrogen-bond donors (Lipinski definition) is 1. The van der Waals surface area contributed by atoms with Gasteiger partial charge in [0.25, 0.3) is 0 Å². The summed E-state index contributed by atoms with van der Waals surface area (Å²) in [5.41, 5.74) is 8.17. The van der Waals surface area contributed by atoms with Crippen LogP contribution in [0.3, 0.4) is 0 Å². The van der Waals surface area contributed by atoms with E-state index in [2.05, 4.69) is 56.7 Å². The number of aromatic nitrogens is 3. The van der Waals surface area contributed by atoms with Crippen LogP contribution in [-0.2, 0) is 0 Å². The molecule has 0 saturated carbocycles. The zero-order chi connectivity index (χ0) is 17.3. The molecule has 26 heavy (non-hydrogen) atoms. The van der Waals surface area contributed by atoms with E-state index in [0.717, 1.165) is 38.9 Å². The summed E-state index contributed by atoms with van der Waals surface area (Å²) >= 11 is 1.65. The SMILES string of the molecule is c1cc(-c2ccc3nccc(Nc4ccc5scnc5c4)c3c2)ccn1. The molecule has 4 nitrogen and oxygen atoms in total. The summed E-state index contributed by atoms with van der Waals surface area (Å²) in [6.45, 7) is 0. The van der Waals surface area contributed by atoms with Gasteiger partial charge in [-0.2, -0.15) is 0 Å². The van der Waals surface area contributed by atoms with Crippen LogP contribution in [0, 0.1) is 0 Å². The number of nitrogens with one attached hydrogen (secondary N) is 1. The molecule has 124 valence electrons. The fourth-order valence-electron chi connectivity index (χ4n) is 3.07. The van der Waals surface area contributed by atoms with Crippen LogP contribution < -0.4 is 5.32 Å². The van der Waals surface area contributed by atoms with E-state index in [4.69, 9.17) is 0 Å². The van der Waals surface area contributed by atoms with Crippen LogP contribution in [0.15, 0.2) is 78.7 Å². The molecule has 0 saturated heterocycles. The Labute approximate surface area is 154 Å². The van der Waals surface area contributed by atoms with Gasteiger partial charge in [0.15, 0.2) is 0 Å². The molecule has 0 aliphatic heterocycles. The average Bonchev–Trinajstić information content (AvgIpc) is 3.16. The number of rotatable bonds is 3. The van der Waals surface area contributed by atoms with Gasteiger partial charge in [0.1, 0.15) is 0 Å². The average molecular weight is 354 g/mol. The van der Waals surface area contributed by atoms with Crippen molar-refractivity contribution in [2.24, 2.45) is 0 Å². The predicted octanol–water partition coefficient (Wildman–Crippen LogP) is 5.65. The van der Waals surface area contributed by atoms with Gasteiger partial charge in [0.2, 0.25) is 0 Å². The van der Waals surface area contributed by atoms with Gasteiger partial charge in [0, 0.05) is 35.4 Å². The van der Waals surface area contributed by atoms with Crippen molar-refractivity contribution in [2.75, 3.05) is 5.32 Å². The molecule has 3 heterocycles. The summed E-state index contributed by atoms with van der Waals surface area (Å²) in [5.74, 6) is 0. The third-order valence-corrected chi connectivity index (χ3v) is 5.17. The summed E-state index contributed by atoms with van der Waals surface area (Å²) in [7, 11) is 0. The van der Waals surface area contributed by atoms with Crippen molar-refractivity contribution >= 4 is 43.8 Å². The maximum atomic E-state index is 4.50. The lowest BCUT2D eigenvalue weighted by molar-refractivity contribution is 1.33. The van der Waals surface area contributed by atoms with Gasteiger partial charge >= 0.3 is 0 Å². The first-order valence-corrected chi connectivity index (χ1v) is 9.14. The number of benzene rings is 2. The van der Waals surface area contributed by atoms with Crippen molar-refractivity contribution in [1.82, 2.24) is 15.0 Å². The largest absolute Gasteiger partial charge is 0.355 e. The lowest BCUT2D eigenvalue weighted by Crippen LogP contribution is -1.93. The van der Waals surface area contributed by atoms with Crippen molar-refractivity contribution in [1.29, 1.82) is 0 Å². The Morgan fingerprint density at radius 1 is 0.731 bits per heavy atom. The number of pyridine rings is 2. The maximum Gasteiger partial charge on any atom is 0.0832 e. The van der Waals surface area contributed by atoms with E-state index in [1.807, 2.05) is 42.3 Å². The molecule has 5 rings (SSSR count). The van der Waals surface area contributed by atoms with Crippen molar-refractivity contribution in [3.8, 4) is 11.1 Å². The van der Waals surface area contributed by atoms with Crippen molar-refractivity contribution in [2.45, 2.75) is 0 Å².